The summed E-state index contributed by atoms with van der Waals surface area (Å²) in [6.07, 6.45) is 2.48. The number of nitrogens with zero attached hydrogens (tertiary/aromatic N) is 3. The minimum absolute atomic E-state index is 0.594. The van der Waals surface area contributed by atoms with Gasteiger partial charge >= 0.3 is 0 Å². The van der Waals surface area contributed by atoms with E-state index in [9.17, 15) is 0 Å². The van der Waals surface area contributed by atoms with Gasteiger partial charge in [-0.15, -0.1) is 0 Å². The van der Waals surface area contributed by atoms with Gasteiger partial charge in [0.15, 0.2) is 0 Å². The Morgan fingerprint density at radius 1 is 1.29 bits per heavy atom. The number of aromatic nitrogens is 2. The van der Waals surface area contributed by atoms with Crippen molar-refractivity contribution in [1.82, 2.24) is 9.97 Å². The lowest BCUT2D eigenvalue weighted by atomic mass is 10.2. The van der Waals surface area contributed by atoms with Crippen LogP contribution in [-0.4, -0.2) is 30.1 Å². The lowest BCUT2D eigenvalue weighted by Crippen LogP contribution is -2.20. The van der Waals surface area contributed by atoms with Gasteiger partial charge in [0.25, 0.3) is 0 Å². The molecule has 17 heavy (non-hydrogen) atoms. The topological polar surface area (TPSA) is 41.1 Å². The van der Waals surface area contributed by atoms with E-state index in [0.717, 1.165) is 36.1 Å². The molecule has 0 atom stereocenters. The molecule has 0 radical (unpaired) electrons. The second kappa shape index (κ2) is 4.90. The Labute approximate surface area is 103 Å². The van der Waals surface area contributed by atoms with Crippen LogP contribution in [0.15, 0.2) is 0 Å². The van der Waals surface area contributed by atoms with Crippen molar-refractivity contribution in [3.8, 4) is 0 Å². The van der Waals surface area contributed by atoms with E-state index < -0.39 is 0 Å². The highest BCUT2D eigenvalue weighted by molar-refractivity contribution is 5.58. The molecule has 0 amide bonds. The Balaban J connectivity index is 2.40. The fourth-order valence-corrected chi connectivity index (χ4v) is 1.91. The first-order valence-corrected chi connectivity index (χ1v) is 6.50. The van der Waals surface area contributed by atoms with E-state index in [1.54, 1.807) is 0 Å². The second-order valence-corrected chi connectivity index (χ2v) is 4.70. The van der Waals surface area contributed by atoms with Crippen molar-refractivity contribution in [2.45, 2.75) is 39.5 Å². The molecule has 1 aliphatic carbocycles. The molecule has 1 N–H and O–H groups in total. The summed E-state index contributed by atoms with van der Waals surface area (Å²) in [6.45, 7) is 8.20. The fourth-order valence-electron chi connectivity index (χ4n) is 1.91. The molecule has 1 fully saturated rings. The van der Waals surface area contributed by atoms with Gasteiger partial charge in [-0.3, -0.25) is 0 Å². The van der Waals surface area contributed by atoms with E-state index in [1.165, 1.54) is 12.8 Å². The summed E-state index contributed by atoms with van der Waals surface area (Å²) in [5, 5.41) is 3.34. The molecule has 1 aromatic rings. The van der Waals surface area contributed by atoms with Crippen LogP contribution in [0.5, 0.6) is 0 Å². The van der Waals surface area contributed by atoms with Gasteiger partial charge in [-0.2, -0.15) is 0 Å². The predicted octanol–water partition coefficient (Wildman–Crippen LogP) is 2.55. The van der Waals surface area contributed by atoms with Crippen LogP contribution in [0, 0.1) is 6.92 Å². The second-order valence-electron chi connectivity index (χ2n) is 4.70. The minimum atomic E-state index is 0.594. The smallest absolute Gasteiger partial charge is 0.137 e. The quantitative estimate of drug-likeness (QED) is 0.850. The highest BCUT2D eigenvalue weighted by Gasteiger charge is 2.28. The first-order valence-electron chi connectivity index (χ1n) is 6.50. The van der Waals surface area contributed by atoms with Crippen molar-refractivity contribution in [3.63, 3.8) is 0 Å². The Bertz CT molecular complexity index is 399. The first-order chi connectivity index (χ1) is 8.17. The van der Waals surface area contributed by atoms with Crippen LogP contribution in [-0.2, 0) is 0 Å². The Morgan fingerprint density at radius 3 is 2.53 bits per heavy atom. The molecule has 94 valence electrons. The van der Waals surface area contributed by atoms with E-state index in [-0.39, 0.29) is 0 Å². The molecular weight excluding hydrogens is 212 g/mol. The number of hydrogen-bond donors (Lipinski definition) is 1. The van der Waals surface area contributed by atoms with E-state index in [2.05, 4.69) is 43.0 Å². The monoisotopic (exact) mass is 234 g/mol. The third-order valence-electron chi connectivity index (χ3n) is 3.26. The van der Waals surface area contributed by atoms with Crippen LogP contribution in [0.3, 0.4) is 0 Å². The molecule has 0 aromatic carbocycles. The number of nitrogens with one attached hydrogen (secondary N) is 1. The summed E-state index contributed by atoms with van der Waals surface area (Å²) in [5.41, 5.74) is 1.15. The van der Waals surface area contributed by atoms with Crippen molar-refractivity contribution in [2.24, 2.45) is 0 Å². The normalized spacial score (nSPS) is 14.8. The zero-order chi connectivity index (χ0) is 12.4. The van der Waals surface area contributed by atoms with E-state index in [0.29, 0.717) is 5.92 Å². The molecule has 0 aliphatic heterocycles. The van der Waals surface area contributed by atoms with Crippen LogP contribution in [0.25, 0.3) is 0 Å². The van der Waals surface area contributed by atoms with Crippen molar-refractivity contribution in [1.29, 1.82) is 0 Å². The van der Waals surface area contributed by atoms with Gasteiger partial charge in [0, 0.05) is 31.6 Å². The van der Waals surface area contributed by atoms with Crippen LogP contribution in [0.2, 0.25) is 0 Å². The van der Waals surface area contributed by atoms with Crippen molar-refractivity contribution in [3.05, 3.63) is 11.4 Å². The SMILES string of the molecule is CCNc1nc(C2CC2)nc(N(C)CC)c1C. The fraction of sp³-hybridized carbons (Fsp3) is 0.692. The van der Waals surface area contributed by atoms with Gasteiger partial charge in [0.2, 0.25) is 0 Å². The molecule has 1 saturated carbocycles. The molecule has 0 bridgehead atoms. The molecular formula is C13H22N4. The number of rotatable bonds is 5. The standard InChI is InChI=1S/C13H22N4/c1-5-14-11-9(3)13(17(4)6-2)16-12(15-11)10-7-8-10/h10H,5-8H2,1-4H3,(H,14,15,16). The predicted molar refractivity (Wildman–Crippen MR) is 71.9 cm³/mol. The molecule has 4 nitrogen and oxygen atoms in total. The average Bonchev–Trinajstić information content (AvgIpc) is 3.15. The van der Waals surface area contributed by atoms with E-state index >= 15 is 0 Å². The molecule has 1 heterocycles. The van der Waals surface area contributed by atoms with Gasteiger partial charge in [-0.1, -0.05) is 0 Å². The molecule has 0 spiro atoms. The maximum atomic E-state index is 4.72. The van der Waals surface area contributed by atoms with Gasteiger partial charge in [0.05, 0.1) is 0 Å². The zero-order valence-corrected chi connectivity index (χ0v) is 11.2. The van der Waals surface area contributed by atoms with Crippen LogP contribution >= 0.6 is 0 Å². The van der Waals surface area contributed by atoms with E-state index in [1.807, 2.05) is 0 Å². The van der Waals surface area contributed by atoms with E-state index in [4.69, 9.17) is 4.98 Å². The van der Waals surface area contributed by atoms with Crippen LogP contribution in [0.1, 0.15) is 44.0 Å². The molecule has 0 unspecified atom stereocenters. The van der Waals surface area contributed by atoms with Crippen molar-refractivity contribution < 1.29 is 0 Å². The van der Waals surface area contributed by atoms with Crippen LogP contribution < -0.4 is 10.2 Å². The summed E-state index contributed by atoms with van der Waals surface area (Å²) in [6, 6.07) is 0. The lowest BCUT2D eigenvalue weighted by molar-refractivity contribution is 0.863. The largest absolute Gasteiger partial charge is 0.370 e. The first kappa shape index (κ1) is 12.1. The van der Waals surface area contributed by atoms with Gasteiger partial charge < -0.3 is 10.2 Å². The maximum absolute atomic E-state index is 4.72. The Kier molecular flexibility index (Phi) is 3.50. The summed E-state index contributed by atoms with van der Waals surface area (Å²) in [4.78, 5) is 11.6. The highest BCUT2D eigenvalue weighted by Crippen LogP contribution is 2.39. The summed E-state index contributed by atoms with van der Waals surface area (Å²) < 4.78 is 0. The summed E-state index contributed by atoms with van der Waals surface area (Å²) in [7, 11) is 2.09. The highest BCUT2D eigenvalue weighted by atomic mass is 15.2. The van der Waals surface area contributed by atoms with Gasteiger partial charge in [-0.25, -0.2) is 9.97 Å². The third-order valence-corrected chi connectivity index (χ3v) is 3.26. The van der Waals surface area contributed by atoms with Crippen molar-refractivity contribution >= 4 is 11.6 Å². The molecule has 1 aromatic heterocycles. The molecule has 2 rings (SSSR count). The third kappa shape index (κ3) is 2.51. The molecule has 4 heteroatoms. The number of hydrogen-bond acceptors (Lipinski definition) is 4. The molecule has 1 aliphatic rings. The summed E-state index contributed by atoms with van der Waals surface area (Å²) >= 11 is 0. The lowest BCUT2D eigenvalue weighted by Gasteiger charge is -2.20. The Morgan fingerprint density at radius 2 is 2.00 bits per heavy atom. The van der Waals surface area contributed by atoms with Gasteiger partial charge in [-0.05, 0) is 33.6 Å². The summed E-state index contributed by atoms with van der Waals surface area (Å²) in [5.74, 6) is 3.68. The zero-order valence-electron chi connectivity index (χ0n) is 11.2. The average molecular weight is 234 g/mol. The van der Waals surface area contributed by atoms with Crippen molar-refractivity contribution in [2.75, 3.05) is 30.4 Å². The molecule has 0 saturated heterocycles. The minimum Gasteiger partial charge on any atom is -0.370 e. The maximum Gasteiger partial charge on any atom is 0.137 e. The number of anilines is 2. The van der Waals surface area contributed by atoms with Gasteiger partial charge in [0.1, 0.15) is 17.5 Å². The Hall–Kier alpha value is -1.32. The van der Waals surface area contributed by atoms with Crippen LogP contribution in [0.4, 0.5) is 11.6 Å².